The van der Waals surface area contributed by atoms with Crippen molar-refractivity contribution in [2.24, 2.45) is 0 Å². The molecule has 8 heteroatoms. The average Bonchev–Trinajstić information content (AvgIpc) is 2.89. The van der Waals surface area contributed by atoms with E-state index in [1.54, 1.807) is 0 Å². The number of aromatic nitrogens is 2. The number of carbonyl (C=O) groups is 2. The van der Waals surface area contributed by atoms with Crippen molar-refractivity contribution in [2.45, 2.75) is 25.8 Å². The summed E-state index contributed by atoms with van der Waals surface area (Å²) in [5, 5.41) is 21.9. The number of aryl methyl sites for hydroxylation is 1. The van der Waals surface area contributed by atoms with E-state index in [1.165, 1.54) is 11.3 Å². The fourth-order valence-corrected chi connectivity index (χ4v) is 2.78. The molecular formula is C12H15N3O4S. The van der Waals surface area contributed by atoms with E-state index in [1.807, 2.05) is 22.9 Å². The highest BCUT2D eigenvalue weighted by Gasteiger charge is 2.20. The maximum Gasteiger partial charge on any atom is 0.326 e. The normalized spacial score (nSPS) is 12.5. The molecule has 0 fully saturated rings. The monoisotopic (exact) mass is 297 g/mol. The van der Waals surface area contributed by atoms with Crippen LogP contribution in [0.4, 0.5) is 0 Å². The summed E-state index contributed by atoms with van der Waals surface area (Å²) in [5.74, 6) is -1.54. The van der Waals surface area contributed by atoms with Gasteiger partial charge in [-0.25, -0.2) is 9.78 Å². The van der Waals surface area contributed by atoms with Gasteiger partial charge < -0.3 is 15.5 Å². The number of carboxylic acids is 1. The third-order valence-electron chi connectivity index (χ3n) is 2.80. The molecule has 20 heavy (non-hydrogen) atoms. The highest BCUT2D eigenvalue weighted by Crippen LogP contribution is 2.16. The molecular weight excluding hydrogens is 282 g/mol. The number of aliphatic carboxylic acids is 1. The van der Waals surface area contributed by atoms with Gasteiger partial charge >= 0.3 is 5.97 Å². The van der Waals surface area contributed by atoms with Crippen LogP contribution in [0.2, 0.25) is 0 Å². The Hall–Kier alpha value is -1.93. The SMILES string of the molecule is Cc1cn2c(CC(=O)N[C@@H](CCO)C(=O)O)csc2n1. The molecule has 1 atom stereocenters. The molecule has 0 radical (unpaired) electrons. The average molecular weight is 297 g/mol. The van der Waals surface area contributed by atoms with Gasteiger partial charge in [-0.15, -0.1) is 11.3 Å². The van der Waals surface area contributed by atoms with Crippen LogP contribution in [0.15, 0.2) is 11.6 Å². The van der Waals surface area contributed by atoms with Crippen LogP contribution in [-0.4, -0.2) is 44.1 Å². The third kappa shape index (κ3) is 3.14. The minimum Gasteiger partial charge on any atom is -0.480 e. The van der Waals surface area contributed by atoms with Gasteiger partial charge in [-0.3, -0.25) is 9.20 Å². The van der Waals surface area contributed by atoms with Crippen molar-refractivity contribution in [1.82, 2.24) is 14.7 Å². The second-order valence-electron chi connectivity index (χ2n) is 4.41. The van der Waals surface area contributed by atoms with E-state index < -0.39 is 17.9 Å². The number of imidazole rings is 1. The van der Waals surface area contributed by atoms with Crippen molar-refractivity contribution >= 4 is 28.2 Å². The molecule has 0 bridgehead atoms. The van der Waals surface area contributed by atoms with Crippen molar-refractivity contribution in [3.63, 3.8) is 0 Å². The number of thiazole rings is 1. The molecule has 7 nitrogen and oxygen atoms in total. The summed E-state index contributed by atoms with van der Waals surface area (Å²) in [6, 6.07) is -1.06. The second-order valence-corrected chi connectivity index (χ2v) is 5.25. The standard InChI is InChI=1S/C12H15N3O4S/c1-7-5-15-8(6-20-12(15)13-7)4-10(17)14-9(2-3-16)11(18)19/h5-6,9,16H,2-4H2,1H3,(H,14,17)(H,18,19)/t9-/m0/s1. The van der Waals surface area contributed by atoms with Crippen molar-refractivity contribution < 1.29 is 19.8 Å². The zero-order valence-corrected chi connectivity index (χ0v) is 11.7. The minimum absolute atomic E-state index is 0.00962. The maximum atomic E-state index is 11.9. The van der Waals surface area contributed by atoms with Gasteiger partial charge in [0.2, 0.25) is 5.91 Å². The summed E-state index contributed by atoms with van der Waals surface area (Å²) in [7, 11) is 0. The van der Waals surface area contributed by atoms with Crippen LogP contribution in [0.3, 0.4) is 0 Å². The van der Waals surface area contributed by atoms with Crippen LogP contribution < -0.4 is 5.32 Å². The first-order valence-corrected chi connectivity index (χ1v) is 6.94. The molecule has 108 valence electrons. The first kappa shape index (κ1) is 14.5. The van der Waals surface area contributed by atoms with E-state index in [2.05, 4.69) is 10.3 Å². The Balaban J connectivity index is 2.05. The predicted molar refractivity (Wildman–Crippen MR) is 72.8 cm³/mol. The Morgan fingerprint density at radius 2 is 2.30 bits per heavy atom. The molecule has 0 aliphatic carbocycles. The topological polar surface area (TPSA) is 104 Å². The second kappa shape index (κ2) is 6.02. The van der Waals surface area contributed by atoms with Gasteiger partial charge in [-0.05, 0) is 6.92 Å². The molecule has 2 aromatic heterocycles. The number of nitrogens with one attached hydrogen (secondary N) is 1. The fraction of sp³-hybridized carbons (Fsp3) is 0.417. The Morgan fingerprint density at radius 1 is 1.55 bits per heavy atom. The summed E-state index contributed by atoms with van der Waals surface area (Å²) in [5.41, 5.74) is 1.62. The molecule has 0 unspecified atom stereocenters. The number of hydrogen-bond donors (Lipinski definition) is 3. The number of amides is 1. The van der Waals surface area contributed by atoms with Gasteiger partial charge in [0, 0.05) is 30.3 Å². The number of carbonyl (C=O) groups excluding carboxylic acids is 1. The molecule has 2 heterocycles. The first-order valence-electron chi connectivity index (χ1n) is 6.06. The number of carboxylic acid groups (broad SMARTS) is 1. The van der Waals surface area contributed by atoms with Gasteiger partial charge in [-0.2, -0.15) is 0 Å². The fourth-order valence-electron chi connectivity index (χ4n) is 1.87. The molecule has 0 saturated carbocycles. The largest absolute Gasteiger partial charge is 0.480 e. The zero-order chi connectivity index (χ0) is 14.7. The zero-order valence-electron chi connectivity index (χ0n) is 10.9. The minimum atomic E-state index is -1.15. The lowest BCUT2D eigenvalue weighted by Crippen LogP contribution is -2.42. The Bertz CT molecular complexity index is 634. The lowest BCUT2D eigenvalue weighted by molar-refractivity contribution is -0.142. The van der Waals surface area contributed by atoms with Gasteiger partial charge in [0.25, 0.3) is 0 Å². The number of nitrogens with zero attached hydrogens (tertiary/aromatic N) is 2. The number of fused-ring (bicyclic) bond motifs is 1. The Kier molecular flexibility index (Phi) is 4.35. The van der Waals surface area contributed by atoms with Crippen LogP contribution in [0.1, 0.15) is 17.8 Å². The molecule has 2 rings (SSSR count). The van der Waals surface area contributed by atoms with E-state index >= 15 is 0 Å². The summed E-state index contributed by atoms with van der Waals surface area (Å²) in [6.45, 7) is 1.58. The van der Waals surface area contributed by atoms with E-state index in [9.17, 15) is 9.59 Å². The van der Waals surface area contributed by atoms with Crippen LogP contribution >= 0.6 is 11.3 Å². The summed E-state index contributed by atoms with van der Waals surface area (Å²) >= 11 is 1.43. The van der Waals surface area contributed by atoms with Gasteiger partial charge in [0.05, 0.1) is 12.1 Å². The number of hydrogen-bond acceptors (Lipinski definition) is 5. The third-order valence-corrected chi connectivity index (χ3v) is 3.69. The number of rotatable bonds is 6. The molecule has 0 aliphatic heterocycles. The van der Waals surface area contributed by atoms with Crippen LogP contribution in [0.25, 0.3) is 4.96 Å². The van der Waals surface area contributed by atoms with Crippen molar-refractivity contribution in [2.75, 3.05) is 6.61 Å². The quantitative estimate of drug-likeness (QED) is 0.706. The molecule has 3 N–H and O–H groups in total. The van der Waals surface area contributed by atoms with Gasteiger partial charge in [-0.1, -0.05) is 0 Å². The number of aliphatic hydroxyl groups is 1. The highest BCUT2D eigenvalue weighted by molar-refractivity contribution is 7.15. The highest BCUT2D eigenvalue weighted by atomic mass is 32.1. The molecule has 2 aromatic rings. The van der Waals surface area contributed by atoms with E-state index in [-0.39, 0.29) is 19.4 Å². The van der Waals surface area contributed by atoms with E-state index in [0.29, 0.717) is 0 Å². The smallest absolute Gasteiger partial charge is 0.326 e. The van der Waals surface area contributed by atoms with Gasteiger partial charge in [0.1, 0.15) is 6.04 Å². The predicted octanol–water partition coefficient (Wildman–Crippen LogP) is 0.199. The Morgan fingerprint density at radius 3 is 2.95 bits per heavy atom. The van der Waals surface area contributed by atoms with Gasteiger partial charge in [0.15, 0.2) is 4.96 Å². The lowest BCUT2D eigenvalue weighted by atomic mass is 10.2. The van der Waals surface area contributed by atoms with E-state index in [0.717, 1.165) is 16.3 Å². The molecule has 0 aliphatic rings. The Labute approximate surface area is 118 Å². The molecule has 0 aromatic carbocycles. The maximum absolute atomic E-state index is 11.9. The molecule has 0 spiro atoms. The summed E-state index contributed by atoms with van der Waals surface area (Å²) in [6.07, 6.45) is 1.90. The van der Waals surface area contributed by atoms with Crippen LogP contribution in [-0.2, 0) is 16.0 Å². The van der Waals surface area contributed by atoms with Crippen molar-refractivity contribution in [1.29, 1.82) is 0 Å². The van der Waals surface area contributed by atoms with E-state index in [4.69, 9.17) is 10.2 Å². The van der Waals surface area contributed by atoms with Crippen LogP contribution in [0.5, 0.6) is 0 Å². The lowest BCUT2D eigenvalue weighted by Gasteiger charge is -2.12. The first-order chi connectivity index (χ1) is 9.51. The summed E-state index contributed by atoms with van der Waals surface area (Å²) in [4.78, 5) is 27.9. The van der Waals surface area contributed by atoms with Crippen molar-refractivity contribution in [3.05, 3.63) is 23.0 Å². The summed E-state index contributed by atoms with van der Waals surface area (Å²) < 4.78 is 1.82. The number of aliphatic hydroxyl groups excluding tert-OH is 1. The molecule has 0 saturated heterocycles. The van der Waals surface area contributed by atoms with Crippen LogP contribution in [0, 0.1) is 6.92 Å². The molecule has 1 amide bonds. The van der Waals surface area contributed by atoms with Crippen molar-refractivity contribution in [3.8, 4) is 0 Å².